The fourth-order valence-corrected chi connectivity index (χ4v) is 1.54. The van der Waals surface area contributed by atoms with E-state index in [1.807, 2.05) is 4.90 Å². The van der Waals surface area contributed by atoms with Crippen LogP contribution in [0.2, 0.25) is 0 Å². The van der Waals surface area contributed by atoms with Gasteiger partial charge in [0, 0.05) is 26.2 Å². The van der Waals surface area contributed by atoms with E-state index in [1.165, 1.54) is 0 Å². The summed E-state index contributed by atoms with van der Waals surface area (Å²) in [6.07, 6.45) is -0.0115. The van der Waals surface area contributed by atoms with Crippen LogP contribution in [-0.2, 0) is 9.53 Å². The third kappa shape index (κ3) is 4.55. The maximum absolute atomic E-state index is 10.3. The molecule has 0 spiro atoms. The standard InChI is InChI=1S/C9H17NO4/c11-8(6-9(12)13)7-10-2-1-4-14-5-3-10/h8,11H,1-7H2,(H,12,13). The Morgan fingerprint density at radius 1 is 1.43 bits per heavy atom. The van der Waals surface area contributed by atoms with E-state index in [1.54, 1.807) is 0 Å². The number of hydrogen-bond donors (Lipinski definition) is 2. The lowest BCUT2D eigenvalue weighted by Crippen LogP contribution is -2.35. The highest BCUT2D eigenvalue weighted by Crippen LogP contribution is 2.02. The second kappa shape index (κ2) is 5.95. The zero-order chi connectivity index (χ0) is 10.4. The molecule has 0 amide bonds. The van der Waals surface area contributed by atoms with E-state index in [9.17, 15) is 9.90 Å². The SMILES string of the molecule is O=C(O)CC(O)CN1CCCOCC1. The van der Waals surface area contributed by atoms with Gasteiger partial charge in [-0.2, -0.15) is 0 Å². The zero-order valence-electron chi connectivity index (χ0n) is 8.19. The van der Waals surface area contributed by atoms with Gasteiger partial charge in [0.05, 0.1) is 19.1 Å². The average molecular weight is 203 g/mol. The molecule has 0 aromatic rings. The van der Waals surface area contributed by atoms with E-state index >= 15 is 0 Å². The minimum Gasteiger partial charge on any atom is -0.481 e. The summed E-state index contributed by atoms with van der Waals surface area (Å²) >= 11 is 0. The van der Waals surface area contributed by atoms with Crippen LogP contribution < -0.4 is 0 Å². The van der Waals surface area contributed by atoms with Crippen LogP contribution in [0.5, 0.6) is 0 Å². The normalized spacial score (nSPS) is 21.5. The molecule has 0 bridgehead atoms. The van der Waals surface area contributed by atoms with Gasteiger partial charge in [-0.05, 0) is 6.42 Å². The molecule has 0 aliphatic carbocycles. The molecule has 0 aromatic heterocycles. The Bertz CT molecular complexity index is 178. The highest BCUT2D eigenvalue weighted by Gasteiger charge is 2.15. The third-order valence-corrected chi connectivity index (χ3v) is 2.19. The Labute approximate surface area is 83.3 Å². The molecule has 1 aliphatic rings. The molecule has 82 valence electrons. The summed E-state index contributed by atoms with van der Waals surface area (Å²) in [5.41, 5.74) is 0. The Hall–Kier alpha value is -0.650. The second-order valence-corrected chi connectivity index (χ2v) is 3.52. The number of nitrogens with zero attached hydrogens (tertiary/aromatic N) is 1. The number of carboxylic acid groups (broad SMARTS) is 1. The first-order valence-corrected chi connectivity index (χ1v) is 4.88. The molecule has 1 rings (SSSR count). The van der Waals surface area contributed by atoms with Gasteiger partial charge in [-0.1, -0.05) is 0 Å². The van der Waals surface area contributed by atoms with Crippen molar-refractivity contribution in [2.24, 2.45) is 0 Å². The average Bonchev–Trinajstić information content (AvgIpc) is 2.31. The first-order valence-electron chi connectivity index (χ1n) is 4.88. The van der Waals surface area contributed by atoms with Gasteiger partial charge in [-0.15, -0.1) is 0 Å². The largest absolute Gasteiger partial charge is 0.481 e. The van der Waals surface area contributed by atoms with Gasteiger partial charge in [-0.3, -0.25) is 9.69 Å². The van der Waals surface area contributed by atoms with E-state index < -0.39 is 12.1 Å². The van der Waals surface area contributed by atoms with Crippen molar-refractivity contribution in [2.75, 3.05) is 32.8 Å². The lowest BCUT2D eigenvalue weighted by atomic mass is 10.2. The molecule has 1 heterocycles. The molecule has 1 aliphatic heterocycles. The summed E-state index contributed by atoms with van der Waals surface area (Å²) in [7, 11) is 0. The first-order chi connectivity index (χ1) is 6.68. The molecule has 0 radical (unpaired) electrons. The highest BCUT2D eigenvalue weighted by atomic mass is 16.5. The predicted octanol–water partition coefficient (Wildman–Crippen LogP) is -0.456. The van der Waals surface area contributed by atoms with Crippen molar-refractivity contribution in [3.05, 3.63) is 0 Å². The third-order valence-electron chi connectivity index (χ3n) is 2.19. The number of aliphatic hydroxyl groups excluding tert-OH is 1. The lowest BCUT2D eigenvalue weighted by Gasteiger charge is -2.21. The maximum atomic E-state index is 10.3. The van der Waals surface area contributed by atoms with Crippen LogP contribution in [0.4, 0.5) is 0 Å². The number of aliphatic carboxylic acids is 1. The summed E-state index contributed by atoms with van der Waals surface area (Å²) in [5, 5.41) is 17.9. The minimum atomic E-state index is -0.955. The molecule has 0 aromatic carbocycles. The van der Waals surface area contributed by atoms with Crippen LogP contribution in [0.1, 0.15) is 12.8 Å². The smallest absolute Gasteiger partial charge is 0.306 e. The number of aliphatic hydroxyl groups is 1. The Balaban J connectivity index is 2.23. The predicted molar refractivity (Wildman–Crippen MR) is 50.1 cm³/mol. The molecule has 0 saturated carbocycles. The minimum absolute atomic E-state index is 0.183. The quantitative estimate of drug-likeness (QED) is 0.647. The summed E-state index contributed by atoms with van der Waals surface area (Å²) in [4.78, 5) is 12.4. The van der Waals surface area contributed by atoms with Gasteiger partial charge in [0.1, 0.15) is 0 Å². The van der Waals surface area contributed by atoms with E-state index in [2.05, 4.69) is 0 Å². The van der Waals surface area contributed by atoms with E-state index in [0.717, 1.165) is 26.1 Å². The van der Waals surface area contributed by atoms with E-state index in [-0.39, 0.29) is 6.42 Å². The number of hydrogen-bond acceptors (Lipinski definition) is 4. The van der Waals surface area contributed by atoms with Crippen molar-refractivity contribution >= 4 is 5.97 Å². The summed E-state index contributed by atoms with van der Waals surface area (Å²) < 4.78 is 5.25. The van der Waals surface area contributed by atoms with Crippen molar-refractivity contribution < 1.29 is 19.7 Å². The Kier molecular flexibility index (Phi) is 4.86. The van der Waals surface area contributed by atoms with Gasteiger partial charge >= 0.3 is 5.97 Å². The molecule has 5 nitrogen and oxygen atoms in total. The molecule has 5 heteroatoms. The number of rotatable bonds is 4. The molecular formula is C9H17NO4. The number of carboxylic acids is 1. The summed E-state index contributed by atoms with van der Waals surface area (Å²) in [5.74, 6) is -0.955. The van der Waals surface area contributed by atoms with Gasteiger partial charge in [0.2, 0.25) is 0 Å². The monoisotopic (exact) mass is 203 g/mol. The van der Waals surface area contributed by atoms with Crippen molar-refractivity contribution in [3.63, 3.8) is 0 Å². The summed E-state index contributed by atoms with van der Waals surface area (Å²) in [6.45, 7) is 3.49. The molecular weight excluding hydrogens is 186 g/mol. The second-order valence-electron chi connectivity index (χ2n) is 3.52. The first kappa shape index (κ1) is 11.4. The van der Waals surface area contributed by atoms with Crippen LogP contribution in [0.15, 0.2) is 0 Å². The Morgan fingerprint density at radius 2 is 2.21 bits per heavy atom. The molecule has 2 N–H and O–H groups in total. The van der Waals surface area contributed by atoms with Gasteiger partial charge in [0.15, 0.2) is 0 Å². The van der Waals surface area contributed by atoms with Crippen molar-refractivity contribution in [1.82, 2.24) is 4.90 Å². The van der Waals surface area contributed by atoms with Crippen molar-refractivity contribution in [3.8, 4) is 0 Å². The maximum Gasteiger partial charge on any atom is 0.306 e. The lowest BCUT2D eigenvalue weighted by molar-refractivity contribution is -0.139. The number of β-amino-alcohol motifs (C(OH)–C–C–N with tert-alkyl or cyclic N) is 1. The van der Waals surface area contributed by atoms with Crippen LogP contribution in [0.25, 0.3) is 0 Å². The molecule has 1 unspecified atom stereocenters. The molecule has 1 atom stereocenters. The van der Waals surface area contributed by atoms with Crippen LogP contribution >= 0.6 is 0 Å². The topological polar surface area (TPSA) is 70.0 Å². The fourth-order valence-electron chi connectivity index (χ4n) is 1.54. The Morgan fingerprint density at radius 3 is 2.93 bits per heavy atom. The van der Waals surface area contributed by atoms with E-state index in [4.69, 9.17) is 9.84 Å². The van der Waals surface area contributed by atoms with Crippen LogP contribution in [-0.4, -0.2) is 60.0 Å². The van der Waals surface area contributed by atoms with Gasteiger partial charge in [-0.25, -0.2) is 0 Å². The summed E-state index contributed by atoms with van der Waals surface area (Å²) in [6, 6.07) is 0. The van der Waals surface area contributed by atoms with Gasteiger partial charge < -0.3 is 14.9 Å². The number of carbonyl (C=O) groups is 1. The van der Waals surface area contributed by atoms with Crippen molar-refractivity contribution in [2.45, 2.75) is 18.9 Å². The fraction of sp³-hybridized carbons (Fsp3) is 0.889. The highest BCUT2D eigenvalue weighted by molar-refractivity contribution is 5.67. The van der Waals surface area contributed by atoms with Crippen molar-refractivity contribution in [1.29, 1.82) is 0 Å². The zero-order valence-corrected chi connectivity index (χ0v) is 8.19. The van der Waals surface area contributed by atoms with Crippen LogP contribution in [0, 0.1) is 0 Å². The van der Waals surface area contributed by atoms with Gasteiger partial charge in [0.25, 0.3) is 0 Å². The van der Waals surface area contributed by atoms with E-state index in [0.29, 0.717) is 13.2 Å². The molecule has 1 saturated heterocycles. The number of ether oxygens (including phenoxy) is 1. The van der Waals surface area contributed by atoms with Crippen LogP contribution in [0.3, 0.4) is 0 Å². The molecule has 14 heavy (non-hydrogen) atoms. The molecule has 1 fully saturated rings.